The van der Waals surface area contributed by atoms with Gasteiger partial charge in [0.2, 0.25) is 0 Å². The van der Waals surface area contributed by atoms with Crippen molar-refractivity contribution in [3.05, 3.63) is 35.4 Å². The molecular formula is C14H19N. The van der Waals surface area contributed by atoms with Crippen molar-refractivity contribution in [1.29, 1.82) is 5.26 Å². The quantitative estimate of drug-likeness (QED) is 0.682. The summed E-state index contributed by atoms with van der Waals surface area (Å²) in [6.45, 7) is 6.66. The van der Waals surface area contributed by atoms with Gasteiger partial charge in [-0.25, -0.2) is 0 Å². The van der Waals surface area contributed by atoms with Crippen LogP contribution in [0.2, 0.25) is 0 Å². The van der Waals surface area contributed by atoms with E-state index in [-0.39, 0.29) is 5.41 Å². The van der Waals surface area contributed by atoms with Crippen LogP contribution >= 0.6 is 0 Å². The normalized spacial score (nSPS) is 11.1. The standard InChI is InChI=1S/C14H19N/c1-14(2,3)13-9-7-12(8-10-13)6-4-5-11-15/h7-10H,4-6H2,1-3H3. The number of nitriles is 1. The Hall–Kier alpha value is -1.29. The first kappa shape index (κ1) is 11.8. The Morgan fingerprint density at radius 3 is 2.20 bits per heavy atom. The van der Waals surface area contributed by atoms with Gasteiger partial charge in [-0.1, -0.05) is 45.0 Å². The number of rotatable bonds is 3. The first-order valence-electron chi connectivity index (χ1n) is 5.50. The molecule has 1 nitrogen and oxygen atoms in total. The van der Waals surface area contributed by atoms with Gasteiger partial charge in [0.25, 0.3) is 0 Å². The summed E-state index contributed by atoms with van der Waals surface area (Å²) < 4.78 is 0. The molecule has 80 valence electrons. The summed E-state index contributed by atoms with van der Waals surface area (Å²) in [7, 11) is 0. The molecule has 1 rings (SSSR count). The first-order valence-corrected chi connectivity index (χ1v) is 5.50. The van der Waals surface area contributed by atoms with Crippen LogP contribution in [-0.4, -0.2) is 0 Å². The Labute approximate surface area is 92.7 Å². The lowest BCUT2D eigenvalue weighted by Crippen LogP contribution is -2.10. The highest BCUT2D eigenvalue weighted by Crippen LogP contribution is 2.22. The molecule has 0 unspecified atom stereocenters. The molecule has 0 saturated carbocycles. The largest absolute Gasteiger partial charge is 0.198 e. The maximum absolute atomic E-state index is 8.45. The van der Waals surface area contributed by atoms with Crippen LogP contribution in [0.5, 0.6) is 0 Å². The third-order valence-electron chi connectivity index (χ3n) is 2.57. The van der Waals surface area contributed by atoms with Crippen LogP contribution in [0.4, 0.5) is 0 Å². The molecule has 0 aliphatic carbocycles. The zero-order chi connectivity index (χ0) is 11.3. The highest BCUT2D eigenvalue weighted by molar-refractivity contribution is 5.27. The predicted molar refractivity (Wildman–Crippen MR) is 63.7 cm³/mol. The number of nitrogens with zero attached hydrogens (tertiary/aromatic N) is 1. The van der Waals surface area contributed by atoms with Crippen LogP contribution in [-0.2, 0) is 11.8 Å². The Bertz CT molecular complexity index is 335. The van der Waals surface area contributed by atoms with Crippen molar-refractivity contribution in [2.75, 3.05) is 0 Å². The third-order valence-corrected chi connectivity index (χ3v) is 2.57. The molecule has 0 spiro atoms. The molecule has 0 bridgehead atoms. The summed E-state index contributed by atoms with van der Waals surface area (Å²) in [4.78, 5) is 0. The van der Waals surface area contributed by atoms with Crippen LogP contribution in [0.25, 0.3) is 0 Å². The number of benzene rings is 1. The zero-order valence-electron chi connectivity index (χ0n) is 9.88. The second-order valence-corrected chi connectivity index (χ2v) is 4.96. The highest BCUT2D eigenvalue weighted by atomic mass is 14.2. The van der Waals surface area contributed by atoms with Gasteiger partial charge < -0.3 is 0 Å². The molecule has 0 saturated heterocycles. The van der Waals surface area contributed by atoms with E-state index in [0.717, 1.165) is 12.8 Å². The molecule has 0 aliphatic rings. The average Bonchev–Trinajstić information content (AvgIpc) is 2.18. The summed E-state index contributed by atoms with van der Waals surface area (Å²) in [5.41, 5.74) is 2.93. The fraction of sp³-hybridized carbons (Fsp3) is 0.500. The van der Waals surface area contributed by atoms with Crippen LogP contribution in [0.1, 0.15) is 44.7 Å². The van der Waals surface area contributed by atoms with Gasteiger partial charge in [-0.3, -0.25) is 0 Å². The Morgan fingerprint density at radius 2 is 1.73 bits per heavy atom. The number of hydrogen-bond donors (Lipinski definition) is 0. The smallest absolute Gasteiger partial charge is 0.0621 e. The first-order chi connectivity index (χ1) is 7.04. The van der Waals surface area contributed by atoms with Crippen molar-refractivity contribution in [3.63, 3.8) is 0 Å². The van der Waals surface area contributed by atoms with Gasteiger partial charge in [0.05, 0.1) is 6.07 Å². The van der Waals surface area contributed by atoms with Crippen LogP contribution in [0.3, 0.4) is 0 Å². The monoisotopic (exact) mass is 201 g/mol. The van der Waals surface area contributed by atoms with E-state index in [1.165, 1.54) is 11.1 Å². The fourth-order valence-corrected chi connectivity index (χ4v) is 1.54. The molecule has 0 N–H and O–H groups in total. The van der Waals surface area contributed by atoms with Gasteiger partial charge in [0, 0.05) is 6.42 Å². The van der Waals surface area contributed by atoms with Crippen molar-refractivity contribution >= 4 is 0 Å². The molecule has 1 aromatic carbocycles. The van der Waals surface area contributed by atoms with E-state index < -0.39 is 0 Å². The third kappa shape index (κ3) is 3.75. The summed E-state index contributed by atoms with van der Waals surface area (Å²) >= 11 is 0. The van der Waals surface area contributed by atoms with Gasteiger partial charge in [-0.2, -0.15) is 5.26 Å². The molecule has 0 atom stereocenters. The lowest BCUT2D eigenvalue weighted by molar-refractivity contribution is 0.590. The summed E-state index contributed by atoms with van der Waals surface area (Å²) in [6.07, 6.45) is 2.63. The van der Waals surface area contributed by atoms with Gasteiger partial charge in [-0.05, 0) is 29.4 Å². The van der Waals surface area contributed by atoms with E-state index in [2.05, 4.69) is 51.1 Å². The highest BCUT2D eigenvalue weighted by Gasteiger charge is 2.12. The average molecular weight is 201 g/mol. The Morgan fingerprint density at radius 1 is 1.13 bits per heavy atom. The van der Waals surface area contributed by atoms with E-state index in [0.29, 0.717) is 6.42 Å². The van der Waals surface area contributed by atoms with Crippen molar-refractivity contribution in [1.82, 2.24) is 0 Å². The summed E-state index contributed by atoms with van der Waals surface area (Å²) in [5, 5.41) is 8.45. The maximum atomic E-state index is 8.45. The van der Waals surface area contributed by atoms with Gasteiger partial charge in [0.1, 0.15) is 0 Å². The van der Waals surface area contributed by atoms with Gasteiger partial charge in [-0.15, -0.1) is 0 Å². The molecule has 1 heteroatoms. The molecule has 0 aliphatic heterocycles. The molecule has 0 radical (unpaired) electrons. The van der Waals surface area contributed by atoms with E-state index in [9.17, 15) is 0 Å². The number of hydrogen-bond acceptors (Lipinski definition) is 1. The minimum absolute atomic E-state index is 0.227. The van der Waals surface area contributed by atoms with Crippen molar-refractivity contribution in [2.24, 2.45) is 0 Å². The molecular weight excluding hydrogens is 182 g/mol. The van der Waals surface area contributed by atoms with Crippen LogP contribution in [0.15, 0.2) is 24.3 Å². The lowest BCUT2D eigenvalue weighted by atomic mass is 9.86. The molecule has 0 fully saturated rings. The minimum Gasteiger partial charge on any atom is -0.198 e. The molecule has 15 heavy (non-hydrogen) atoms. The zero-order valence-corrected chi connectivity index (χ0v) is 9.88. The predicted octanol–water partition coefficient (Wildman–Crippen LogP) is 3.83. The van der Waals surface area contributed by atoms with E-state index in [4.69, 9.17) is 5.26 Å². The van der Waals surface area contributed by atoms with E-state index >= 15 is 0 Å². The summed E-state index contributed by atoms with van der Waals surface area (Å²) in [6, 6.07) is 10.9. The van der Waals surface area contributed by atoms with Crippen molar-refractivity contribution < 1.29 is 0 Å². The molecule has 0 aromatic heterocycles. The maximum Gasteiger partial charge on any atom is 0.0621 e. The van der Waals surface area contributed by atoms with E-state index in [1.807, 2.05) is 0 Å². The van der Waals surface area contributed by atoms with E-state index in [1.54, 1.807) is 0 Å². The second-order valence-electron chi connectivity index (χ2n) is 4.96. The SMILES string of the molecule is CC(C)(C)c1ccc(CCCC#N)cc1. The number of unbranched alkanes of at least 4 members (excludes halogenated alkanes) is 1. The van der Waals surface area contributed by atoms with Gasteiger partial charge >= 0.3 is 0 Å². The van der Waals surface area contributed by atoms with Crippen molar-refractivity contribution in [2.45, 2.75) is 45.4 Å². The van der Waals surface area contributed by atoms with Crippen LogP contribution < -0.4 is 0 Å². The molecule has 0 amide bonds. The summed E-state index contributed by atoms with van der Waals surface area (Å²) in [5.74, 6) is 0. The van der Waals surface area contributed by atoms with Gasteiger partial charge in [0.15, 0.2) is 0 Å². The molecule has 0 heterocycles. The lowest BCUT2D eigenvalue weighted by Gasteiger charge is -2.19. The van der Waals surface area contributed by atoms with Crippen molar-refractivity contribution in [3.8, 4) is 6.07 Å². The fourth-order valence-electron chi connectivity index (χ4n) is 1.54. The number of aryl methyl sites for hydroxylation is 1. The minimum atomic E-state index is 0.227. The Balaban J connectivity index is 2.61. The second kappa shape index (κ2) is 4.98. The van der Waals surface area contributed by atoms with Crippen LogP contribution in [0, 0.1) is 11.3 Å². The molecule has 1 aromatic rings. The Kier molecular flexibility index (Phi) is 3.91. The topological polar surface area (TPSA) is 23.8 Å².